The van der Waals surface area contributed by atoms with E-state index in [0.717, 1.165) is 6.07 Å². The van der Waals surface area contributed by atoms with E-state index in [9.17, 15) is 19.3 Å². The summed E-state index contributed by atoms with van der Waals surface area (Å²) < 4.78 is 13.9. The molecule has 0 radical (unpaired) electrons. The SMILES string of the molecule is O=C(O)c1cc(Nc2ccccc2Cl)c(F)cc1[N+](=O)[O-]. The first kappa shape index (κ1) is 14.7. The van der Waals surface area contributed by atoms with Gasteiger partial charge in [0.25, 0.3) is 5.69 Å². The zero-order valence-electron chi connectivity index (χ0n) is 10.3. The summed E-state index contributed by atoms with van der Waals surface area (Å²) in [6.45, 7) is 0. The molecular weight excluding hydrogens is 303 g/mol. The summed E-state index contributed by atoms with van der Waals surface area (Å²) in [4.78, 5) is 20.8. The Morgan fingerprint density at radius 1 is 1.29 bits per heavy atom. The fraction of sp³-hybridized carbons (Fsp3) is 0. The highest BCUT2D eigenvalue weighted by Gasteiger charge is 2.23. The Balaban J connectivity index is 2.50. The van der Waals surface area contributed by atoms with Gasteiger partial charge in [0, 0.05) is 0 Å². The predicted molar refractivity (Wildman–Crippen MR) is 74.7 cm³/mol. The molecule has 6 nitrogen and oxygen atoms in total. The number of carboxylic acid groups (broad SMARTS) is 1. The van der Waals surface area contributed by atoms with Crippen molar-refractivity contribution in [3.05, 3.63) is 62.9 Å². The minimum absolute atomic E-state index is 0.217. The molecular formula is C13H8ClFN2O4. The Morgan fingerprint density at radius 2 is 1.95 bits per heavy atom. The number of carbonyl (C=O) groups is 1. The number of rotatable bonds is 4. The second kappa shape index (κ2) is 5.76. The molecule has 8 heteroatoms. The number of hydrogen-bond acceptors (Lipinski definition) is 4. The van der Waals surface area contributed by atoms with E-state index in [-0.39, 0.29) is 5.69 Å². The van der Waals surface area contributed by atoms with Crippen molar-refractivity contribution in [3.8, 4) is 0 Å². The van der Waals surface area contributed by atoms with Gasteiger partial charge in [0.2, 0.25) is 0 Å². The first-order valence-electron chi connectivity index (χ1n) is 5.63. The van der Waals surface area contributed by atoms with E-state index in [1.54, 1.807) is 24.3 Å². The maximum atomic E-state index is 13.9. The Morgan fingerprint density at radius 3 is 2.52 bits per heavy atom. The monoisotopic (exact) mass is 310 g/mol. The lowest BCUT2D eigenvalue weighted by atomic mass is 10.1. The molecule has 0 aromatic heterocycles. The summed E-state index contributed by atoms with van der Waals surface area (Å²) in [7, 11) is 0. The highest BCUT2D eigenvalue weighted by molar-refractivity contribution is 6.33. The number of benzene rings is 2. The summed E-state index contributed by atoms with van der Waals surface area (Å²) in [6.07, 6.45) is 0. The highest BCUT2D eigenvalue weighted by atomic mass is 35.5. The standard InChI is InChI=1S/C13H8ClFN2O4/c14-8-3-1-2-4-10(8)16-11-5-7(13(18)19)12(17(20)21)6-9(11)15/h1-6,16H,(H,18,19). The van der Waals surface area contributed by atoms with Crippen molar-refractivity contribution in [2.45, 2.75) is 0 Å². The van der Waals surface area contributed by atoms with Crippen molar-refractivity contribution < 1.29 is 19.2 Å². The van der Waals surface area contributed by atoms with Gasteiger partial charge < -0.3 is 10.4 Å². The first-order chi connectivity index (χ1) is 9.90. The second-order valence-corrected chi connectivity index (χ2v) is 4.42. The van der Waals surface area contributed by atoms with E-state index < -0.39 is 28.0 Å². The van der Waals surface area contributed by atoms with E-state index in [0.29, 0.717) is 16.8 Å². The Kier molecular flexibility index (Phi) is 4.04. The van der Waals surface area contributed by atoms with E-state index in [1.165, 1.54) is 0 Å². The lowest BCUT2D eigenvalue weighted by Gasteiger charge is -2.10. The molecule has 0 unspecified atom stereocenters. The van der Waals surface area contributed by atoms with E-state index in [1.807, 2.05) is 0 Å². The van der Waals surface area contributed by atoms with Crippen molar-refractivity contribution in [1.29, 1.82) is 0 Å². The van der Waals surface area contributed by atoms with Gasteiger partial charge >= 0.3 is 5.97 Å². The van der Waals surface area contributed by atoms with Gasteiger partial charge in [0.1, 0.15) is 5.56 Å². The molecule has 2 aromatic carbocycles. The van der Waals surface area contributed by atoms with Crippen LogP contribution in [0.5, 0.6) is 0 Å². The lowest BCUT2D eigenvalue weighted by Crippen LogP contribution is -2.05. The molecule has 0 bridgehead atoms. The summed E-state index contributed by atoms with van der Waals surface area (Å²) in [6, 6.07) is 7.86. The average Bonchev–Trinajstić information content (AvgIpc) is 2.42. The Hall–Kier alpha value is -2.67. The number of para-hydroxylation sites is 1. The van der Waals surface area contributed by atoms with Crippen LogP contribution in [0.3, 0.4) is 0 Å². The van der Waals surface area contributed by atoms with Gasteiger partial charge in [-0.15, -0.1) is 0 Å². The molecule has 2 aromatic rings. The maximum absolute atomic E-state index is 13.9. The number of nitrogens with one attached hydrogen (secondary N) is 1. The van der Waals surface area contributed by atoms with Gasteiger partial charge in [-0.25, -0.2) is 9.18 Å². The third kappa shape index (κ3) is 3.09. The number of nitro benzene ring substituents is 1. The zero-order chi connectivity index (χ0) is 15.6. The van der Waals surface area contributed by atoms with Crippen LogP contribution in [0.15, 0.2) is 36.4 Å². The second-order valence-electron chi connectivity index (χ2n) is 4.02. The van der Waals surface area contributed by atoms with Gasteiger partial charge in [-0.3, -0.25) is 10.1 Å². The Labute approximate surface area is 122 Å². The number of carboxylic acids is 1. The molecule has 0 aliphatic carbocycles. The minimum atomic E-state index is -1.52. The molecule has 0 atom stereocenters. The molecule has 0 aliphatic rings. The molecule has 0 amide bonds. The van der Waals surface area contributed by atoms with Crippen molar-refractivity contribution >= 4 is 34.6 Å². The molecule has 0 heterocycles. The maximum Gasteiger partial charge on any atom is 0.342 e. The van der Waals surface area contributed by atoms with Crippen LogP contribution in [-0.2, 0) is 0 Å². The fourth-order valence-corrected chi connectivity index (χ4v) is 1.87. The van der Waals surface area contributed by atoms with Gasteiger partial charge in [0.05, 0.1) is 27.4 Å². The zero-order valence-corrected chi connectivity index (χ0v) is 11.1. The molecule has 108 valence electrons. The largest absolute Gasteiger partial charge is 0.477 e. The van der Waals surface area contributed by atoms with Crippen LogP contribution in [0.25, 0.3) is 0 Å². The smallest absolute Gasteiger partial charge is 0.342 e. The van der Waals surface area contributed by atoms with Crippen molar-refractivity contribution in [3.63, 3.8) is 0 Å². The summed E-state index contributed by atoms with van der Waals surface area (Å²) in [5.74, 6) is -2.48. The van der Waals surface area contributed by atoms with Crippen LogP contribution < -0.4 is 5.32 Å². The van der Waals surface area contributed by atoms with Crippen molar-refractivity contribution in [2.75, 3.05) is 5.32 Å². The number of nitrogens with zero attached hydrogens (tertiary/aromatic N) is 1. The van der Waals surface area contributed by atoms with Crippen LogP contribution >= 0.6 is 11.6 Å². The van der Waals surface area contributed by atoms with Gasteiger partial charge in [-0.05, 0) is 18.2 Å². The summed E-state index contributed by atoms with van der Waals surface area (Å²) in [5, 5.41) is 22.6. The van der Waals surface area contributed by atoms with Crippen LogP contribution in [0.4, 0.5) is 21.5 Å². The van der Waals surface area contributed by atoms with Gasteiger partial charge in [-0.1, -0.05) is 23.7 Å². The van der Waals surface area contributed by atoms with Crippen LogP contribution in [0.2, 0.25) is 5.02 Å². The quantitative estimate of drug-likeness (QED) is 0.661. The predicted octanol–water partition coefficient (Wildman–Crippen LogP) is 3.83. The molecule has 0 saturated heterocycles. The van der Waals surface area contributed by atoms with Crippen molar-refractivity contribution in [2.24, 2.45) is 0 Å². The van der Waals surface area contributed by atoms with Crippen LogP contribution in [-0.4, -0.2) is 16.0 Å². The topological polar surface area (TPSA) is 92.5 Å². The van der Waals surface area contributed by atoms with Crippen molar-refractivity contribution in [1.82, 2.24) is 0 Å². The number of nitro groups is 1. The molecule has 0 spiro atoms. The summed E-state index contributed by atoms with van der Waals surface area (Å²) in [5.41, 5.74) is -1.30. The van der Waals surface area contributed by atoms with E-state index in [2.05, 4.69) is 5.32 Å². The minimum Gasteiger partial charge on any atom is -0.477 e. The molecule has 2 rings (SSSR count). The Bertz CT molecular complexity index is 736. The van der Waals surface area contributed by atoms with Crippen LogP contribution in [0, 0.1) is 15.9 Å². The molecule has 2 N–H and O–H groups in total. The van der Waals surface area contributed by atoms with Crippen LogP contribution in [0.1, 0.15) is 10.4 Å². The molecule has 0 aliphatic heterocycles. The third-order valence-electron chi connectivity index (χ3n) is 2.66. The first-order valence-corrected chi connectivity index (χ1v) is 6.00. The normalized spacial score (nSPS) is 10.2. The average molecular weight is 311 g/mol. The number of halogens is 2. The number of anilines is 2. The van der Waals surface area contributed by atoms with Gasteiger partial charge in [-0.2, -0.15) is 0 Å². The van der Waals surface area contributed by atoms with E-state index >= 15 is 0 Å². The highest BCUT2D eigenvalue weighted by Crippen LogP contribution is 2.30. The molecule has 0 fully saturated rings. The lowest BCUT2D eigenvalue weighted by molar-refractivity contribution is -0.385. The molecule has 0 saturated carbocycles. The number of hydrogen-bond donors (Lipinski definition) is 2. The summed E-state index contributed by atoms with van der Waals surface area (Å²) >= 11 is 5.90. The third-order valence-corrected chi connectivity index (χ3v) is 2.99. The fourth-order valence-electron chi connectivity index (χ4n) is 1.69. The van der Waals surface area contributed by atoms with E-state index in [4.69, 9.17) is 16.7 Å². The van der Waals surface area contributed by atoms with Gasteiger partial charge in [0.15, 0.2) is 5.82 Å². The molecule has 21 heavy (non-hydrogen) atoms. The number of aromatic carboxylic acids is 1.